The van der Waals surface area contributed by atoms with Crippen LogP contribution in [0.25, 0.3) is 0 Å². The van der Waals surface area contributed by atoms with Gasteiger partial charge in [-0.2, -0.15) is 0 Å². The molecule has 0 radical (unpaired) electrons. The summed E-state index contributed by atoms with van der Waals surface area (Å²) in [5, 5.41) is 0. The van der Waals surface area contributed by atoms with E-state index in [9.17, 15) is 13.0 Å². The molecule has 0 fully saturated rings. The van der Waals surface area contributed by atoms with Gasteiger partial charge >= 0.3 is 0 Å². The highest BCUT2D eigenvalue weighted by molar-refractivity contribution is 7.85. The number of hydrogen-bond acceptors (Lipinski definition) is 3. The average molecular weight is 448 g/mol. The molecule has 0 bridgehead atoms. The highest BCUT2D eigenvalue weighted by Gasteiger charge is 2.24. The Bertz CT molecular complexity index is 620. The molecule has 1 atom stereocenters. The highest BCUT2D eigenvalue weighted by Crippen LogP contribution is 2.17. The van der Waals surface area contributed by atoms with Gasteiger partial charge in [-0.05, 0) is 51.2 Å². The molecule has 29 heavy (non-hydrogen) atoms. The maximum Gasteiger partial charge on any atom is 0.154 e. The van der Waals surface area contributed by atoms with Gasteiger partial charge in [0.1, 0.15) is 10.1 Å². The Morgan fingerprint density at radius 1 is 0.793 bits per heavy atom. The van der Waals surface area contributed by atoms with Crippen LogP contribution in [0.2, 0.25) is 0 Å². The first kappa shape index (κ1) is 28.4. The van der Waals surface area contributed by atoms with E-state index in [1.165, 1.54) is 94.0 Å². The van der Waals surface area contributed by atoms with Crippen molar-refractivity contribution < 1.29 is 17.5 Å². The first-order chi connectivity index (χ1) is 13.7. The summed E-state index contributed by atoms with van der Waals surface area (Å²) in [4.78, 5) is -0.178. The number of nitrogens with zero attached hydrogens (tertiary/aromatic N) is 1. The zero-order valence-electron chi connectivity index (χ0n) is 19.0. The first-order valence-electron chi connectivity index (χ1n) is 11.2. The van der Waals surface area contributed by atoms with Crippen LogP contribution in [0.15, 0.2) is 29.2 Å². The van der Waals surface area contributed by atoms with Crippen LogP contribution >= 0.6 is 11.6 Å². The van der Waals surface area contributed by atoms with E-state index in [0.717, 1.165) is 11.6 Å². The topological polar surface area (TPSA) is 57.2 Å². The van der Waals surface area contributed by atoms with Crippen molar-refractivity contribution in [3.05, 3.63) is 29.8 Å². The Morgan fingerprint density at radius 2 is 1.24 bits per heavy atom. The molecule has 170 valence electrons. The molecule has 6 heteroatoms. The predicted octanol–water partition coefficient (Wildman–Crippen LogP) is 6.47. The molecule has 0 heterocycles. The molecule has 0 spiro atoms. The van der Waals surface area contributed by atoms with Gasteiger partial charge in [-0.3, -0.25) is 0 Å². The molecule has 0 N–H and O–H groups in total. The smallest absolute Gasteiger partial charge is 0.154 e. The Kier molecular flexibility index (Phi) is 15.8. The van der Waals surface area contributed by atoms with E-state index in [1.54, 1.807) is 12.1 Å². The van der Waals surface area contributed by atoms with Gasteiger partial charge in [-0.25, -0.2) is 8.42 Å². The molecule has 0 amide bonds. The van der Waals surface area contributed by atoms with Gasteiger partial charge in [0.15, 0.2) is 6.00 Å². The van der Waals surface area contributed by atoms with Crippen molar-refractivity contribution in [2.75, 3.05) is 25.6 Å². The number of unbranched alkanes of at least 4 members (excludes halogenated alkanes) is 6. The van der Waals surface area contributed by atoms with Gasteiger partial charge in [0.2, 0.25) is 0 Å². The standard InChI is InChI=1S/C16H35ClN.C7H8O3S/c1-4-7-10-12-15-18(16-17,13-9-6-3)14-11-8-5-2;1-6-2-4-7(5-3-6)11(8,9)10/h4-16H2,1-3H3;2-5H,1H3,(H,8,9,10)/q+1;/p-1. The van der Waals surface area contributed by atoms with Crippen LogP contribution in [-0.2, 0) is 10.1 Å². The third-order valence-electron chi connectivity index (χ3n) is 5.27. The second-order valence-electron chi connectivity index (χ2n) is 8.02. The molecule has 1 aromatic carbocycles. The number of quaternary nitrogens is 1. The van der Waals surface area contributed by atoms with Crippen molar-refractivity contribution >= 4 is 21.7 Å². The minimum atomic E-state index is -4.27. The highest BCUT2D eigenvalue weighted by atomic mass is 35.5. The Labute approximate surface area is 185 Å². The van der Waals surface area contributed by atoms with Gasteiger partial charge in [-0.1, -0.05) is 75.8 Å². The lowest BCUT2D eigenvalue weighted by atomic mass is 10.1. The Morgan fingerprint density at radius 3 is 1.69 bits per heavy atom. The largest absolute Gasteiger partial charge is 0.744 e. The quantitative estimate of drug-likeness (QED) is 0.108. The molecule has 1 aromatic rings. The van der Waals surface area contributed by atoms with Crippen molar-refractivity contribution in [2.45, 2.75) is 90.4 Å². The van der Waals surface area contributed by atoms with E-state index in [4.69, 9.17) is 11.6 Å². The molecular formula is C23H42ClNO3S. The molecule has 0 aliphatic rings. The average Bonchev–Trinajstić information content (AvgIpc) is 2.69. The van der Waals surface area contributed by atoms with Crippen LogP contribution in [0.1, 0.15) is 84.1 Å². The Hall–Kier alpha value is -0.620. The van der Waals surface area contributed by atoms with Crippen LogP contribution in [-0.4, -0.2) is 43.1 Å². The number of benzene rings is 1. The van der Waals surface area contributed by atoms with Crippen molar-refractivity contribution in [3.8, 4) is 0 Å². The monoisotopic (exact) mass is 447 g/mol. The zero-order chi connectivity index (χ0) is 22.2. The van der Waals surface area contributed by atoms with E-state index in [0.29, 0.717) is 0 Å². The number of halogens is 1. The third kappa shape index (κ3) is 13.3. The van der Waals surface area contributed by atoms with E-state index in [1.807, 2.05) is 6.92 Å². The zero-order valence-corrected chi connectivity index (χ0v) is 20.5. The van der Waals surface area contributed by atoms with Crippen LogP contribution < -0.4 is 0 Å². The lowest BCUT2D eigenvalue weighted by Crippen LogP contribution is -2.49. The van der Waals surface area contributed by atoms with Gasteiger partial charge in [0.25, 0.3) is 0 Å². The second-order valence-corrected chi connectivity index (χ2v) is 9.64. The molecule has 0 aliphatic heterocycles. The molecule has 0 aliphatic carbocycles. The van der Waals surface area contributed by atoms with Gasteiger partial charge in [0, 0.05) is 0 Å². The number of hydrogen-bond donors (Lipinski definition) is 0. The van der Waals surface area contributed by atoms with Crippen LogP contribution in [0.5, 0.6) is 0 Å². The molecule has 4 nitrogen and oxygen atoms in total. The fraction of sp³-hybridized carbons (Fsp3) is 0.739. The van der Waals surface area contributed by atoms with Gasteiger partial charge < -0.3 is 9.04 Å². The fourth-order valence-corrected chi connectivity index (χ4v) is 4.11. The lowest BCUT2D eigenvalue weighted by Gasteiger charge is -2.37. The predicted molar refractivity (Wildman–Crippen MR) is 123 cm³/mol. The summed E-state index contributed by atoms with van der Waals surface area (Å²) in [6.07, 6.45) is 12.1. The SMILES string of the molecule is CCCCCC[N+](CCl)(CCCC)CCCCC.Cc1ccc(S(=O)(=O)[O-])cc1. The van der Waals surface area contributed by atoms with Crippen molar-refractivity contribution in [2.24, 2.45) is 0 Å². The van der Waals surface area contributed by atoms with Gasteiger partial charge in [0.05, 0.1) is 24.5 Å². The van der Waals surface area contributed by atoms with E-state index < -0.39 is 10.1 Å². The number of rotatable bonds is 14. The second kappa shape index (κ2) is 16.1. The van der Waals surface area contributed by atoms with Crippen molar-refractivity contribution in [1.82, 2.24) is 0 Å². The summed E-state index contributed by atoms with van der Waals surface area (Å²) < 4.78 is 32.3. The van der Waals surface area contributed by atoms with E-state index >= 15 is 0 Å². The third-order valence-corrected chi connectivity index (χ3v) is 6.63. The summed E-state index contributed by atoms with van der Waals surface area (Å²) in [5.41, 5.74) is 0.928. The van der Waals surface area contributed by atoms with Crippen LogP contribution in [0.3, 0.4) is 0 Å². The number of alkyl halides is 1. The maximum absolute atomic E-state index is 10.4. The normalized spacial score (nSPS) is 13.4. The minimum Gasteiger partial charge on any atom is -0.744 e. The Balaban J connectivity index is 0.000000604. The summed E-state index contributed by atoms with van der Waals surface area (Å²) in [6, 6.07) is 6.60. The molecule has 1 unspecified atom stereocenters. The molecule has 0 saturated heterocycles. The van der Waals surface area contributed by atoms with Crippen LogP contribution in [0, 0.1) is 6.92 Å². The molecular weight excluding hydrogens is 406 g/mol. The van der Waals surface area contributed by atoms with E-state index in [2.05, 4.69) is 20.8 Å². The van der Waals surface area contributed by atoms with Crippen molar-refractivity contribution in [1.29, 1.82) is 0 Å². The number of aryl methyl sites for hydroxylation is 1. The molecule has 0 saturated carbocycles. The lowest BCUT2D eigenvalue weighted by molar-refractivity contribution is -0.918. The van der Waals surface area contributed by atoms with E-state index in [-0.39, 0.29) is 4.90 Å². The first-order valence-corrected chi connectivity index (χ1v) is 13.1. The summed E-state index contributed by atoms with van der Waals surface area (Å²) in [7, 11) is -4.27. The summed E-state index contributed by atoms with van der Waals surface area (Å²) in [6.45, 7) is 12.5. The molecule has 1 rings (SSSR count). The maximum atomic E-state index is 10.4. The fourth-order valence-electron chi connectivity index (χ4n) is 3.28. The van der Waals surface area contributed by atoms with Crippen molar-refractivity contribution in [3.63, 3.8) is 0 Å². The van der Waals surface area contributed by atoms with Gasteiger partial charge in [-0.15, -0.1) is 0 Å². The summed E-state index contributed by atoms with van der Waals surface area (Å²) in [5.74, 6) is 0. The summed E-state index contributed by atoms with van der Waals surface area (Å²) >= 11 is 6.32. The minimum absolute atomic E-state index is 0.178. The van der Waals surface area contributed by atoms with Crippen LogP contribution in [0.4, 0.5) is 0 Å². The molecule has 0 aromatic heterocycles.